The number of hydrogen-bond acceptors (Lipinski definition) is 3. The Kier molecular flexibility index (Phi) is 3.40. The van der Waals surface area contributed by atoms with Gasteiger partial charge in [0, 0.05) is 11.6 Å². The molecule has 0 spiro atoms. The molecule has 1 aromatic carbocycles. The molecule has 0 fully saturated rings. The number of rotatable bonds is 3. The lowest BCUT2D eigenvalue weighted by molar-refractivity contribution is 0.365. The maximum absolute atomic E-state index is 13.4. The molecule has 3 nitrogen and oxygen atoms in total. The molecule has 0 atom stereocenters. The van der Waals surface area contributed by atoms with Crippen molar-refractivity contribution in [3.8, 4) is 5.75 Å². The van der Waals surface area contributed by atoms with Crippen molar-refractivity contribution in [2.24, 2.45) is 4.99 Å². The molecule has 0 unspecified atom stereocenters. The minimum absolute atomic E-state index is 0.120. The summed E-state index contributed by atoms with van der Waals surface area (Å²) in [6.45, 7) is 3.07. The molecule has 0 aliphatic heterocycles. The fourth-order valence-corrected chi connectivity index (χ4v) is 1.40. The molecule has 0 aliphatic carbocycles. The van der Waals surface area contributed by atoms with Gasteiger partial charge in [0.1, 0.15) is 5.82 Å². The highest BCUT2D eigenvalue weighted by Crippen LogP contribution is 2.35. The summed E-state index contributed by atoms with van der Waals surface area (Å²) in [5.74, 6) is -1.69. The summed E-state index contributed by atoms with van der Waals surface area (Å²) in [6, 6.07) is 1.80. The quantitative estimate of drug-likeness (QED) is 0.588. The second-order valence-corrected chi connectivity index (χ2v) is 3.73. The molecular weight excluding hydrogens is 216 g/mol. The third-order valence-electron chi connectivity index (χ3n) is 2.20. The molecule has 0 aliphatic rings. The van der Waals surface area contributed by atoms with Crippen molar-refractivity contribution < 1.29 is 18.3 Å². The van der Waals surface area contributed by atoms with Gasteiger partial charge in [-0.15, -0.1) is 0 Å². The highest BCUT2D eigenvalue weighted by atomic mass is 19.1. The van der Waals surface area contributed by atoms with Crippen molar-refractivity contribution in [2.75, 3.05) is 7.11 Å². The van der Waals surface area contributed by atoms with Crippen LogP contribution in [0.3, 0.4) is 0 Å². The number of hydrogen-bond donors (Lipinski definition) is 0. The van der Waals surface area contributed by atoms with Crippen LogP contribution in [0.2, 0.25) is 0 Å². The lowest BCUT2D eigenvalue weighted by atomic mass is 9.94. The third kappa shape index (κ3) is 2.25. The summed E-state index contributed by atoms with van der Waals surface area (Å²) in [4.78, 5) is 13.7. The number of aliphatic imine (C=N–C) groups is 1. The number of isocyanates is 1. The Bertz CT molecular complexity index is 452. The third-order valence-corrected chi connectivity index (χ3v) is 2.20. The predicted octanol–water partition coefficient (Wildman–Crippen LogP) is 2.54. The highest BCUT2D eigenvalue weighted by molar-refractivity contribution is 5.44. The van der Waals surface area contributed by atoms with Gasteiger partial charge in [0.25, 0.3) is 0 Å². The summed E-state index contributed by atoms with van der Waals surface area (Å²) < 4.78 is 31.3. The molecule has 0 heterocycles. The molecule has 86 valence electrons. The molecule has 1 aromatic rings. The topological polar surface area (TPSA) is 38.7 Å². The lowest BCUT2D eigenvalue weighted by Gasteiger charge is -2.21. The van der Waals surface area contributed by atoms with Crippen LogP contribution in [0.4, 0.5) is 8.78 Å². The van der Waals surface area contributed by atoms with Crippen molar-refractivity contribution in [2.45, 2.75) is 19.4 Å². The smallest absolute Gasteiger partial charge is 0.235 e. The first kappa shape index (κ1) is 12.3. The molecule has 5 heteroatoms. The highest BCUT2D eigenvalue weighted by Gasteiger charge is 2.27. The van der Waals surface area contributed by atoms with Gasteiger partial charge in [0.05, 0.1) is 12.6 Å². The van der Waals surface area contributed by atoms with E-state index in [0.717, 1.165) is 6.07 Å². The number of methoxy groups -OCH3 is 1. The first-order chi connectivity index (χ1) is 7.42. The first-order valence-electron chi connectivity index (χ1n) is 4.55. The van der Waals surface area contributed by atoms with Crippen LogP contribution < -0.4 is 4.74 Å². The molecule has 0 saturated carbocycles. The minimum atomic E-state index is -1.09. The zero-order valence-corrected chi connectivity index (χ0v) is 9.17. The minimum Gasteiger partial charge on any atom is -0.493 e. The summed E-state index contributed by atoms with van der Waals surface area (Å²) >= 11 is 0. The van der Waals surface area contributed by atoms with Gasteiger partial charge in [0.2, 0.25) is 6.08 Å². The van der Waals surface area contributed by atoms with Gasteiger partial charge in [-0.3, -0.25) is 0 Å². The molecule has 0 bridgehead atoms. The number of halogens is 2. The molecule has 0 radical (unpaired) electrons. The van der Waals surface area contributed by atoms with Crippen LogP contribution in [0.15, 0.2) is 17.1 Å². The summed E-state index contributed by atoms with van der Waals surface area (Å²) in [6.07, 6.45) is 1.37. The van der Waals surface area contributed by atoms with E-state index in [1.54, 1.807) is 0 Å². The Labute approximate surface area is 91.8 Å². The van der Waals surface area contributed by atoms with Gasteiger partial charge < -0.3 is 4.74 Å². The Morgan fingerprint density at radius 3 is 2.50 bits per heavy atom. The number of nitrogens with zero attached hydrogens (tertiary/aromatic N) is 1. The fourth-order valence-electron chi connectivity index (χ4n) is 1.40. The van der Waals surface area contributed by atoms with Crippen LogP contribution >= 0.6 is 0 Å². The van der Waals surface area contributed by atoms with Gasteiger partial charge in [-0.1, -0.05) is 0 Å². The largest absolute Gasteiger partial charge is 0.493 e. The van der Waals surface area contributed by atoms with Crippen LogP contribution in [0, 0.1) is 11.6 Å². The van der Waals surface area contributed by atoms with E-state index < -0.39 is 17.2 Å². The van der Waals surface area contributed by atoms with Crippen molar-refractivity contribution in [1.82, 2.24) is 0 Å². The van der Waals surface area contributed by atoms with Crippen molar-refractivity contribution >= 4 is 6.08 Å². The van der Waals surface area contributed by atoms with E-state index in [-0.39, 0.29) is 11.3 Å². The van der Waals surface area contributed by atoms with Crippen molar-refractivity contribution in [3.63, 3.8) is 0 Å². The molecule has 0 saturated heterocycles. The maximum atomic E-state index is 13.4. The van der Waals surface area contributed by atoms with E-state index in [1.165, 1.54) is 27.0 Å². The Morgan fingerprint density at radius 1 is 1.38 bits per heavy atom. The van der Waals surface area contributed by atoms with Gasteiger partial charge in [0.15, 0.2) is 11.6 Å². The molecule has 0 N–H and O–H groups in total. The van der Waals surface area contributed by atoms with E-state index in [1.807, 2.05) is 0 Å². The maximum Gasteiger partial charge on any atom is 0.235 e. The lowest BCUT2D eigenvalue weighted by Crippen LogP contribution is -2.16. The fraction of sp³-hybridized carbons (Fsp3) is 0.364. The van der Waals surface area contributed by atoms with Crippen LogP contribution in [-0.4, -0.2) is 13.2 Å². The standard InChI is InChI=1S/C11H11F2NO2/c1-11(2,14-6-15)8-4-7(12)5-9(13)10(8)16-3/h4-5H,1-3H3. The SMILES string of the molecule is COc1c(F)cc(F)cc1C(C)(C)N=C=O. The summed E-state index contributed by atoms with van der Waals surface area (Å²) in [7, 11) is 1.26. The van der Waals surface area contributed by atoms with Gasteiger partial charge in [-0.25, -0.2) is 13.6 Å². The van der Waals surface area contributed by atoms with Gasteiger partial charge in [-0.05, 0) is 19.9 Å². The average molecular weight is 227 g/mol. The molecule has 0 aromatic heterocycles. The molecular formula is C11H11F2NO2. The van der Waals surface area contributed by atoms with Crippen molar-refractivity contribution in [1.29, 1.82) is 0 Å². The number of ether oxygens (including phenoxy) is 1. The zero-order chi connectivity index (χ0) is 12.3. The predicted molar refractivity (Wildman–Crippen MR) is 54.1 cm³/mol. The Morgan fingerprint density at radius 2 is 2.00 bits per heavy atom. The monoisotopic (exact) mass is 227 g/mol. The zero-order valence-electron chi connectivity index (χ0n) is 9.17. The van der Waals surface area contributed by atoms with E-state index in [2.05, 4.69) is 4.99 Å². The summed E-state index contributed by atoms with van der Waals surface area (Å²) in [5.41, 5.74) is -0.924. The first-order valence-corrected chi connectivity index (χ1v) is 4.55. The second kappa shape index (κ2) is 4.41. The Balaban J connectivity index is 3.47. The van der Waals surface area contributed by atoms with Crippen LogP contribution in [-0.2, 0) is 10.3 Å². The van der Waals surface area contributed by atoms with E-state index in [4.69, 9.17) is 4.74 Å². The van der Waals surface area contributed by atoms with Gasteiger partial charge in [-0.2, -0.15) is 4.99 Å². The van der Waals surface area contributed by atoms with Gasteiger partial charge >= 0.3 is 0 Å². The van der Waals surface area contributed by atoms with Crippen LogP contribution in [0.1, 0.15) is 19.4 Å². The average Bonchev–Trinajstić information content (AvgIpc) is 2.16. The van der Waals surface area contributed by atoms with E-state index in [0.29, 0.717) is 6.07 Å². The summed E-state index contributed by atoms with van der Waals surface area (Å²) in [5, 5.41) is 0. The van der Waals surface area contributed by atoms with Crippen LogP contribution in [0.25, 0.3) is 0 Å². The van der Waals surface area contributed by atoms with E-state index in [9.17, 15) is 13.6 Å². The normalized spacial score (nSPS) is 10.8. The van der Waals surface area contributed by atoms with Crippen molar-refractivity contribution in [3.05, 3.63) is 29.3 Å². The number of benzene rings is 1. The Hall–Kier alpha value is -1.74. The molecule has 1 rings (SSSR count). The molecule has 0 amide bonds. The molecule has 16 heavy (non-hydrogen) atoms. The van der Waals surface area contributed by atoms with Crippen LogP contribution in [0.5, 0.6) is 5.75 Å². The van der Waals surface area contributed by atoms with E-state index >= 15 is 0 Å². The second-order valence-electron chi connectivity index (χ2n) is 3.73. The number of carbonyl (C=O) groups excluding carboxylic acids is 1.